The van der Waals surface area contributed by atoms with Crippen molar-refractivity contribution in [1.82, 2.24) is 15.1 Å². The van der Waals surface area contributed by atoms with Crippen LogP contribution in [0.15, 0.2) is 30.3 Å². The third-order valence-corrected chi connectivity index (χ3v) is 5.56. The summed E-state index contributed by atoms with van der Waals surface area (Å²) in [6.45, 7) is 2.63. The molecular weight excluding hydrogens is 354 g/mol. The van der Waals surface area contributed by atoms with Crippen LogP contribution < -0.4 is 5.32 Å². The van der Waals surface area contributed by atoms with Gasteiger partial charge in [-0.3, -0.25) is 9.59 Å². The van der Waals surface area contributed by atoms with Crippen LogP contribution in [-0.2, 0) is 9.59 Å². The van der Waals surface area contributed by atoms with Crippen LogP contribution in [0.2, 0.25) is 0 Å². The first kappa shape index (κ1) is 20.6. The zero-order chi connectivity index (χ0) is 20.3. The van der Waals surface area contributed by atoms with Gasteiger partial charge in [0.05, 0.1) is 25.2 Å². The van der Waals surface area contributed by atoms with E-state index in [0.717, 1.165) is 24.0 Å². The molecule has 0 spiro atoms. The molecule has 1 aliphatic heterocycles. The number of nitrogens with one attached hydrogen (secondary N) is 1. The summed E-state index contributed by atoms with van der Waals surface area (Å²) in [5.41, 5.74) is 2.21. The van der Waals surface area contributed by atoms with Gasteiger partial charge < -0.3 is 20.2 Å². The second-order valence-electron chi connectivity index (χ2n) is 8.07. The molecular formula is C22H31N3O3. The van der Waals surface area contributed by atoms with E-state index in [0.29, 0.717) is 13.1 Å². The van der Waals surface area contributed by atoms with Gasteiger partial charge in [0.15, 0.2) is 0 Å². The lowest BCUT2D eigenvalue weighted by Gasteiger charge is -2.55. The molecule has 1 aromatic rings. The Bertz CT molecular complexity index is 725. The lowest BCUT2D eigenvalue weighted by Crippen LogP contribution is -2.69. The molecule has 1 aromatic carbocycles. The number of hydrogen-bond donors (Lipinski definition) is 2. The van der Waals surface area contributed by atoms with E-state index in [2.05, 4.69) is 29.6 Å². The molecule has 0 bridgehead atoms. The summed E-state index contributed by atoms with van der Waals surface area (Å²) in [6.07, 6.45) is 5.88. The van der Waals surface area contributed by atoms with Crippen molar-refractivity contribution in [2.24, 2.45) is 5.92 Å². The summed E-state index contributed by atoms with van der Waals surface area (Å²) < 4.78 is 0. The van der Waals surface area contributed by atoms with E-state index < -0.39 is 0 Å². The topological polar surface area (TPSA) is 72.9 Å². The highest BCUT2D eigenvalue weighted by Crippen LogP contribution is 2.44. The Kier molecular flexibility index (Phi) is 6.52. The zero-order valence-corrected chi connectivity index (χ0v) is 17.0. The minimum Gasteiger partial charge on any atom is -0.394 e. The quantitative estimate of drug-likeness (QED) is 0.711. The summed E-state index contributed by atoms with van der Waals surface area (Å²) in [5.74, 6) is 0.171. The molecule has 1 heterocycles. The molecule has 1 saturated heterocycles. The lowest BCUT2D eigenvalue weighted by atomic mass is 9.74. The maximum atomic E-state index is 12.8. The van der Waals surface area contributed by atoms with Gasteiger partial charge in [-0.2, -0.15) is 0 Å². The number of likely N-dealkylation sites (tertiary alicyclic amines) is 1. The molecule has 2 N–H and O–H groups in total. The maximum Gasteiger partial charge on any atom is 0.234 e. The zero-order valence-electron chi connectivity index (χ0n) is 17.0. The van der Waals surface area contributed by atoms with E-state index in [-0.39, 0.29) is 42.3 Å². The summed E-state index contributed by atoms with van der Waals surface area (Å²) in [7, 11) is 3.70. The van der Waals surface area contributed by atoms with Crippen molar-refractivity contribution in [3.8, 4) is 0 Å². The Morgan fingerprint density at radius 2 is 1.89 bits per heavy atom. The maximum absolute atomic E-state index is 12.8. The third kappa shape index (κ3) is 4.45. The average Bonchev–Trinajstić information content (AvgIpc) is 3.47. The van der Waals surface area contributed by atoms with E-state index in [4.69, 9.17) is 0 Å². The first-order valence-corrected chi connectivity index (χ1v) is 10.0. The highest BCUT2D eigenvalue weighted by atomic mass is 16.3. The van der Waals surface area contributed by atoms with Crippen molar-refractivity contribution in [2.45, 2.75) is 37.8 Å². The number of nitrogens with zero attached hydrogens (tertiary/aromatic N) is 2. The van der Waals surface area contributed by atoms with E-state index in [1.54, 1.807) is 0 Å². The molecule has 152 valence electrons. The summed E-state index contributed by atoms with van der Waals surface area (Å²) >= 11 is 0. The van der Waals surface area contributed by atoms with E-state index >= 15 is 0 Å². The van der Waals surface area contributed by atoms with Crippen molar-refractivity contribution in [2.75, 3.05) is 33.8 Å². The number of allylic oxidation sites excluding steroid dienone is 1. The average molecular weight is 386 g/mol. The van der Waals surface area contributed by atoms with Crippen LogP contribution in [0.4, 0.5) is 0 Å². The third-order valence-electron chi connectivity index (χ3n) is 5.56. The number of carbonyl (C=O) groups excluding carboxylic acids is 2. The minimum absolute atomic E-state index is 0.0204. The molecule has 28 heavy (non-hydrogen) atoms. The van der Waals surface area contributed by atoms with E-state index in [1.165, 1.54) is 0 Å². The number of aliphatic hydroxyl groups is 1. The molecule has 3 rings (SSSR count). The van der Waals surface area contributed by atoms with E-state index in [1.807, 2.05) is 43.0 Å². The Balaban J connectivity index is 1.78. The molecule has 0 radical (unpaired) electrons. The van der Waals surface area contributed by atoms with Crippen molar-refractivity contribution in [1.29, 1.82) is 0 Å². The summed E-state index contributed by atoms with van der Waals surface area (Å²) in [4.78, 5) is 28.5. The molecule has 1 saturated carbocycles. The molecule has 3 atom stereocenters. The number of likely N-dealkylation sites (N-methyl/N-ethyl adjacent to an activating group) is 1. The number of aliphatic hydroxyl groups excluding tert-OH is 1. The van der Waals surface area contributed by atoms with Gasteiger partial charge in [-0.05, 0) is 45.0 Å². The van der Waals surface area contributed by atoms with Crippen LogP contribution in [-0.4, -0.2) is 72.6 Å². The predicted octanol–water partition coefficient (Wildman–Crippen LogP) is 1.46. The number of amides is 2. The largest absolute Gasteiger partial charge is 0.394 e. The van der Waals surface area contributed by atoms with Gasteiger partial charge in [0.2, 0.25) is 11.8 Å². The standard InChI is InChI=1S/C22H31N3O3/c1-4-5-15-6-8-16(9-7-15)21-18(12-23-20(27)13-24(2)3)25(19(21)14-26)22(28)17-10-11-17/h4-9,17-19,21,26H,10-14H2,1-3H3,(H,23,27)/b5-4+/t18-,19+,21+/m0/s1. The van der Waals surface area contributed by atoms with Gasteiger partial charge in [-0.25, -0.2) is 0 Å². The normalized spacial score (nSPS) is 24.5. The van der Waals surface area contributed by atoms with Crippen LogP contribution in [0.1, 0.15) is 36.8 Å². The van der Waals surface area contributed by atoms with Crippen molar-refractivity contribution >= 4 is 17.9 Å². The van der Waals surface area contributed by atoms with Crippen LogP contribution in [0, 0.1) is 5.92 Å². The predicted molar refractivity (Wildman–Crippen MR) is 110 cm³/mol. The van der Waals surface area contributed by atoms with Gasteiger partial charge in [-0.15, -0.1) is 0 Å². The minimum atomic E-state index is -0.226. The van der Waals surface area contributed by atoms with E-state index in [9.17, 15) is 14.7 Å². The smallest absolute Gasteiger partial charge is 0.234 e. The van der Waals surface area contributed by atoms with Gasteiger partial charge in [-0.1, -0.05) is 36.4 Å². The lowest BCUT2D eigenvalue weighted by molar-refractivity contribution is -0.152. The second kappa shape index (κ2) is 8.88. The Morgan fingerprint density at radius 3 is 2.43 bits per heavy atom. The van der Waals surface area contributed by atoms with Gasteiger partial charge >= 0.3 is 0 Å². The fourth-order valence-corrected chi connectivity index (χ4v) is 4.07. The summed E-state index contributed by atoms with van der Waals surface area (Å²) in [5, 5.41) is 13.0. The molecule has 2 aliphatic rings. The second-order valence-corrected chi connectivity index (χ2v) is 8.07. The van der Waals surface area contributed by atoms with Crippen LogP contribution >= 0.6 is 0 Å². The Hall–Kier alpha value is -2.18. The van der Waals surface area contributed by atoms with Gasteiger partial charge in [0.25, 0.3) is 0 Å². The molecule has 0 aromatic heterocycles. The summed E-state index contributed by atoms with van der Waals surface area (Å²) in [6, 6.07) is 7.89. The van der Waals surface area contributed by atoms with Crippen LogP contribution in [0.5, 0.6) is 0 Å². The highest BCUT2D eigenvalue weighted by Gasteiger charge is 2.53. The fourth-order valence-electron chi connectivity index (χ4n) is 4.07. The number of carbonyl (C=O) groups is 2. The number of benzene rings is 1. The number of rotatable bonds is 8. The molecule has 2 amide bonds. The first-order chi connectivity index (χ1) is 13.5. The Morgan fingerprint density at radius 1 is 1.21 bits per heavy atom. The molecule has 6 nitrogen and oxygen atoms in total. The molecule has 1 aliphatic carbocycles. The van der Waals surface area contributed by atoms with Crippen LogP contribution in [0.3, 0.4) is 0 Å². The molecule has 6 heteroatoms. The first-order valence-electron chi connectivity index (χ1n) is 10.0. The molecule has 0 unspecified atom stereocenters. The highest BCUT2D eigenvalue weighted by molar-refractivity contribution is 5.83. The number of hydrogen-bond acceptors (Lipinski definition) is 4. The fraction of sp³-hybridized carbons (Fsp3) is 0.545. The van der Waals surface area contributed by atoms with Crippen LogP contribution in [0.25, 0.3) is 6.08 Å². The van der Waals surface area contributed by atoms with Gasteiger partial charge in [0, 0.05) is 18.4 Å². The van der Waals surface area contributed by atoms with Crippen molar-refractivity contribution in [3.05, 3.63) is 41.5 Å². The Labute approximate surface area is 167 Å². The van der Waals surface area contributed by atoms with Gasteiger partial charge in [0.1, 0.15) is 0 Å². The monoisotopic (exact) mass is 385 g/mol. The van der Waals surface area contributed by atoms with Crippen molar-refractivity contribution < 1.29 is 14.7 Å². The van der Waals surface area contributed by atoms with Crippen molar-refractivity contribution in [3.63, 3.8) is 0 Å². The SMILES string of the molecule is C/C=C/c1ccc([C@H]2[C@@H](CO)N(C(=O)C3CC3)[C@H]2CNC(=O)CN(C)C)cc1. The molecule has 2 fully saturated rings.